The largest absolute Gasteiger partial charge is 0.451 e. The van der Waals surface area contributed by atoms with Gasteiger partial charge in [0.25, 0.3) is 0 Å². The number of esters is 1. The highest BCUT2D eigenvalue weighted by molar-refractivity contribution is 5.87. The molecule has 1 unspecified atom stereocenters. The summed E-state index contributed by atoms with van der Waals surface area (Å²) in [5.74, 6) is -0.422. The summed E-state index contributed by atoms with van der Waals surface area (Å²) in [4.78, 5) is 12.1. The minimum absolute atomic E-state index is 0.0892. The molecule has 0 spiro atoms. The number of halogens is 3. The van der Waals surface area contributed by atoms with Crippen molar-refractivity contribution in [3.8, 4) is 0 Å². The zero-order valence-electron chi connectivity index (χ0n) is 14.1. The Morgan fingerprint density at radius 2 is 1.58 bits per heavy atom. The lowest BCUT2D eigenvalue weighted by Gasteiger charge is -2.40. The lowest BCUT2D eigenvalue weighted by molar-refractivity contribution is -0.162. The van der Waals surface area contributed by atoms with Crippen LogP contribution in [0.2, 0.25) is 0 Å². The predicted octanol–water partition coefficient (Wildman–Crippen LogP) is 5.62. The monoisotopic (exact) mass is 340 g/mol. The molecule has 0 N–H and O–H groups in total. The van der Waals surface area contributed by atoms with Crippen LogP contribution in [0.1, 0.15) is 57.1 Å². The molecule has 24 heavy (non-hydrogen) atoms. The number of carbonyl (C=O) groups is 1. The van der Waals surface area contributed by atoms with Gasteiger partial charge in [0.1, 0.15) is 5.60 Å². The van der Waals surface area contributed by atoms with E-state index in [1.807, 2.05) is 0 Å². The molecule has 0 bridgehead atoms. The minimum atomic E-state index is -4.38. The number of hydrogen-bond donors (Lipinski definition) is 0. The molecule has 1 aliphatic carbocycles. The van der Waals surface area contributed by atoms with E-state index >= 15 is 0 Å². The van der Waals surface area contributed by atoms with Crippen LogP contribution in [0.15, 0.2) is 36.4 Å². The molecule has 1 aromatic carbocycles. The van der Waals surface area contributed by atoms with E-state index in [0.29, 0.717) is 5.56 Å². The maximum Gasteiger partial charge on any atom is 0.416 e. The summed E-state index contributed by atoms with van der Waals surface area (Å²) in [6.45, 7) is 6.97. The Hall–Kier alpha value is -1.78. The Morgan fingerprint density at radius 3 is 2.04 bits per heavy atom. The van der Waals surface area contributed by atoms with Crippen molar-refractivity contribution < 1.29 is 22.7 Å². The highest BCUT2D eigenvalue weighted by Crippen LogP contribution is 2.43. The van der Waals surface area contributed by atoms with E-state index in [2.05, 4.69) is 6.58 Å². The smallest absolute Gasteiger partial charge is 0.416 e. The maximum atomic E-state index is 12.8. The second kappa shape index (κ2) is 6.99. The highest BCUT2D eigenvalue weighted by atomic mass is 19.4. The van der Waals surface area contributed by atoms with Crippen molar-refractivity contribution in [3.63, 3.8) is 0 Å². The van der Waals surface area contributed by atoms with Crippen LogP contribution < -0.4 is 0 Å². The predicted molar refractivity (Wildman–Crippen MR) is 86.3 cm³/mol. The van der Waals surface area contributed by atoms with Gasteiger partial charge in [0, 0.05) is 11.5 Å². The number of ether oxygens (including phenoxy) is 1. The SMILES string of the molecule is C=C(C)C(=O)OC(C)(c1ccc(C(F)(F)F)cc1)C1CCCCC1. The topological polar surface area (TPSA) is 26.3 Å². The molecule has 1 aliphatic rings. The van der Waals surface area contributed by atoms with Crippen LogP contribution in [0.25, 0.3) is 0 Å². The van der Waals surface area contributed by atoms with Crippen LogP contribution in [-0.4, -0.2) is 5.97 Å². The first kappa shape index (κ1) is 18.6. The molecule has 0 saturated heterocycles. The van der Waals surface area contributed by atoms with Crippen molar-refractivity contribution in [2.45, 2.75) is 57.7 Å². The van der Waals surface area contributed by atoms with Crippen LogP contribution in [0.4, 0.5) is 13.2 Å². The Bertz CT molecular complexity index is 598. The van der Waals surface area contributed by atoms with Crippen LogP contribution in [-0.2, 0) is 21.3 Å². The molecular weight excluding hydrogens is 317 g/mol. The van der Waals surface area contributed by atoms with Gasteiger partial charge in [-0.3, -0.25) is 0 Å². The van der Waals surface area contributed by atoms with Crippen molar-refractivity contribution in [3.05, 3.63) is 47.5 Å². The molecule has 2 rings (SSSR count). The average molecular weight is 340 g/mol. The van der Waals surface area contributed by atoms with E-state index < -0.39 is 23.3 Å². The lowest BCUT2D eigenvalue weighted by Crippen LogP contribution is -2.38. The summed E-state index contributed by atoms with van der Waals surface area (Å²) in [5, 5.41) is 0. The number of hydrogen-bond acceptors (Lipinski definition) is 2. The Balaban J connectivity index is 2.37. The number of rotatable bonds is 4. The maximum absolute atomic E-state index is 12.8. The summed E-state index contributed by atoms with van der Waals surface area (Å²) in [5.41, 5.74) is -0.773. The average Bonchev–Trinajstić information content (AvgIpc) is 2.54. The second-order valence-electron chi connectivity index (χ2n) is 6.69. The molecule has 2 nitrogen and oxygen atoms in total. The molecule has 1 aromatic rings. The second-order valence-corrected chi connectivity index (χ2v) is 6.69. The highest BCUT2D eigenvalue weighted by Gasteiger charge is 2.41. The standard InChI is InChI=1S/C19H23F3O2/c1-13(2)17(23)24-18(3,14-7-5-4-6-8-14)15-9-11-16(12-10-15)19(20,21)22/h9-12,14H,1,4-8H2,2-3H3. The quantitative estimate of drug-likeness (QED) is 0.525. The molecule has 0 heterocycles. The van der Waals surface area contributed by atoms with Gasteiger partial charge in [0.05, 0.1) is 5.56 Å². The summed E-state index contributed by atoms with van der Waals surface area (Å²) < 4.78 is 44.1. The van der Waals surface area contributed by atoms with E-state index in [4.69, 9.17) is 4.74 Å². The summed E-state index contributed by atoms with van der Waals surface area (Å²) in [6, 6.07) is 4.93. The first-order chi connectivity index (χ1) is 11.1. The van der Waals surface area contributed by atoms with E-state index in [-0.39, 0.29) is 11.5 Å². The molecule has 1 atom stereocenters. The number of carbonyl (C=O) groups excluding carboxylic acids is 1. The molecule has 5 heteroatoms. The van der Waals surface area contributed by atoms with Gasteiger partial charge < -0.3 is 4.74 Å². The molecule has 0 amide bonds. The van der Waals surface area contributed by atoms with E-state index in [9.17, 15) is 18.0 Å². The van der Waals surface area contributed by atoms with Gasteiger partial charge in [-0.25, -0.2) is 4.79 Å². The fraction of sp³-hybridized carbons (Fsp3) is 0.526. The first-order valence-electron chi connectivity index (χ1n) is 8.21. The summed E-state index contributed by atoms with van der Waals surface area (Å²) in [6.07, 6.45) is 0.598. The molecule has 132 valence electrons. The third kappa shape index (κ3) is 4.00. The molecule has 0 radical (unpaired) electrons. The minimum Gasteiger partial charge on any atom is -0.451 e. The van der Waals surface area contributed by atoms with E-state index in [0.717, 1.165) is 44.2 Å². The normalized spacial score (nSPS) is 18.7. The van der Waals surface area contributed by atoms with Crippen molar-refractivity contribution in [2.75, 3.05) is 0 Å². The Morgan fingerprint density at radius 1 is 1.08 bits per heavy atom. The Labute approximate surface area is 140 Å². The third-order valence-corrected chi connectivity index (χ3v) is 4.82. The fourth-order valence-electron chi connectivity index (χ4n) is 3.30. The van der Waals surface area contributed by atoms with Crippen molar-refractivity contribution >= 4 is 5.97 Å². The van der Waals surface area contributed by atoms with Crippen LogP contribution in [0, 0.1) is 5.92 Å². The molecular formula is C19H23F3O2. The van der Waals surface area contributed by atoms with Crippen molar-refractivity contribution in [1.29, 1.82) is 0 Å². The van der Waals surface area contributed by atoms with Gasteiger partial charge in [-0.1, -0.05) is 38.0 Å². The molecule has 1 fully saturated rings. The van der Waals surface area contributed by atoms with Gasteiger partial charge in [0.2, 0.25) is 0 Å². The number of benzene rings is 1. The first-order valence-corrected chi connectivity index (χ1v) is 8.21. The zero-order valence-corrected chi connectivity index (χ0v) is 14.1. The van der Waals surface area contributed by atoms with E-state index in [1.165, 1.54) is 12.1 Å². The molecule has 1 saturated carbocycles. The van der Waals surface area contributed by atoms with Gasteiger partial charge in [-0.15, -0.1) is 0 Å². The van der Waals surface area contributed by atoms with Gasteiger partial charge in [0.15, 0.2) is 0 Å². The fourth-order valence-corrected chi connectivity index (χ4v) is 3.30. The summed E-state index contributed by atoms with van der Waals surface area (Å²) >= 11 is 0. The molecule has 0 aliphatic heterocycles. The molecule has 0 aromatic heterocycles. The van der Waals surface area contributed by atoms with Crippen molar-refractivity contribution in [2.24, 2.45) is 5.92 Å². The zero-order chi connectivity index (χ0) is 18.0. The van der Waals surface area contributed by atoms with E-state index in [1.54, 1.807) is 13.8 Å². The van der Waals surface area contributed by atoms with Gasteiger partial charge >= 0.3 is 12.1 Å². The van der Waals surface area contributed by atoms with Gasteiger partial charge in [-0.2, -0.15) is 13.2 Å². The lowest BCUT2D eigenvalue weighted by atomic mass is 9.74. The number of alkyl halides is 3. The van der Waals surface area contributed by atoms with Crippen molar-refractivity contribution in [1.82, 2.24) is 0 Å². The summed E-state index contributed by atoms with van der Waals surface area (Å²) in [7, 11) is 0. The third-order valence-electron chi connectivity index (χ3n) is 4.82. The Kier molecular flexibility index (Phi) is 5.41. The van der Waals surface area contributed by atoms with Crippen LogP contribution in [0.3, 0.4) is 0 Å². The van der Waals surface area contributed by atoms with Crippen LogP contribution in [0.5, 0.6) is 0 Å². The van der Waals surface area contributed by atoms with Crippen LogP contribution >= 0.6 is 0 Å². The van der Waals surface area contributed by atoms with Gasteiger partial charge in [-0.05, 0) is 44.4 Å².